The van der Waals surface area contributed by atoms with Gasteiger partial charge in [0.15, 0.2) is 0 Å². The summed E-state index contributed by atoms with van der Waals surface area (Å²) in [6, 6.07) is 7.11. The third-order valence-electron chi connectivity index (χ3n) is 3.48. The first-order chi connectivity index (χ1) is 13.7. The van der Waals surface area contributed by atoms with Crippen LogP contribution < -0.4 is 16.0 Å². The molecule has 2 aromatic rings. The second kappa shape index (κ2) is 10.2. The predicted octanol–water partition coefficient (Wildman–Crippen LogP) is 2.26. The monoisotopic (exact) mass is 399 g/mol. The average Bonchev–Trinajstić information content (AvgIpc) is 2.65. The number of carbonyl (C=O) groups excluding carboxylic acids is 3. The average molecular weight is 399 g/mol. The van der Waals surface area contributed by atoms with Gasteiger partial charge in [0, 0.05) is 37.6 Å². The van der Waals surface area contributed by atoms with E-state index in [2.05, 4.69) is 25.9 Å². The molecule has 3 N–H and O–H groups in total. The van der Waals surface area contributed by atoms with Crippen molar-refractivity contribution >= 4 is 23.6 Å². The zero-order valence-corrected chi connectivity index (χ0v) is 16.7. The molecule has 0 fully saturated rings. The Morgan fingerprint density at radius 1 is 1.10 bits per heavy atom. The molecule has 0 bridgehead atoms. The zero-order chi connectivity index (χ0) is 21.3. The van der Waals surface area contributed by atoms with Gasteiger partial charge in [0.25, 0.3) is 5.91 Å². The number of amides is 3. The molecule has 0 spiro atoms. The van der Waals surface area contributed by atoms with E-state index < -0.39 is 11.7 Å². The van der Waals surface area contributed by atoms with Gasteiger partial charge in [0.05, 0.1) is 6.20 Å². The smallest absolute Gasteiger partial charge is 0.407 e. The topological polar surface area (TPSA) is 122 Å². The Labute approximate surface area is 169 Å². The molecule has 9 heteroatoms. The number of hydrogen-bond donors (Lipinski definition) is 3. The number of alkyl carbamates (subject to hydrolysis) is 1. The highest BCUT2D eigenvalue weighted by Crippen LogP contribution is 2.11. The van der Waals surface area contributed by atoms with Crippen molar-refractivity contribution in [2.75, 3.05) is 11.9 Å². The van der Waals surface area contributed by atoms with Gasteiger partial charge in [-0.15, -0.1) is 0 Å². The van der Waals surface area contributed by atoms with Crippen LogP contribution in [0.25, 0.3) is 0 Å². The van der Waals surface area contributed by atoms with Crippen molar-refractivity contribution in [3.8, 4) is 0 Å². The molecule has 154 valence electrons. The molecular formula is C20H25N5O4. The molecular weight excluding hydrogens is 374 g/mol. The van der Waals surface area contributed by atoms with Crippen LogP contribution in [0.5, 0.6) is 0 Å². The highest BCUT2D eigenvalue weighted by atomic mass is 16.6. The molecule has 1 aromatic carbocycles. The Morgan fingerprint density at radius 3 is 2.59 bits per heavy atom. The van der Waals surface area contributed by atoms with Gasteiger partial charge in [-0.1, -0.05) is 12.1 Å². The molecule has 29 heavy (non-hydrogen) atoms. The number of nitrogens with one attached hydrogen (secondary N) is 3. The second-order valence-electron chi connectivity index (χ2n) is 7.20. The van der Waals surface area contributed by atoms with Crippen LogP contribution in [-0.4, -0.2) is 40.0 Å². The summed E-state index contributed by atoms with van der Waals surface area (Å²) < 4.78 is 5.11. The molecule has 0 aliphatic heterocycles. The number of benzene rings is 1. The second-order valence-corrected chi connectivity index (χ2v) is 7.20. The number of carbonyl (C=O) groups is 3. The summed E-state index contributed by atoms with van der Waals surface area (Å²) in [6.45, 7) is 5.74. The Kier molecular flexibility index (Phi) is 7.64. The van der Waals surface area contributed by atoms with E-state index in [1.807, 2.05) is 6.07 Å². The fraction of sp³-hybridized carbons (Fsp3) is 0.350. The third-order valence-corrected chi connectivity index (χ3v) is 3.48. The summed E-state index contributed by atoms with van der Waals surface area (Å²) in [5, 5.41) is 8.04. The van der Waals surface area contributed by atoms with Gasteiger partial charge in [-0.05, 0) is 38.5 Å². The number of hydrogen-bond acceptors (Lipinski definition) is 6. The van der Waals surface area contributed by atoms with E-state index in [0.717, 1.165) is 5.56 Å². The van der Waals surface area contributed by atoms with Gasteiger partial charge in [-0.2, -0.15) is 0 Å². The van der Waals surface area contributed by atoms with E-state index in [0.29, 0.717) is 5.69 Å². The minimum absolute atomic E-state index is 0.104. The number of rotatable bonds is 7. The predicted molar refractivity (Wildman–Crippen MR) is 107 cm³/mol. The van der Waals surface area contributed by atoms with Crippen LogP contribution in [0.2, 0.25) is 0 Å². The van der Waals surface area contributed by atoms with Crippen molar-refractivity contribution in [1.29, 1.82) is 0 Å². The maximum absolute atomic E-state index is 12.1. The lowest BCUT2D eigenvalue weighted by atomic mass is 10.2. The lowest BCUT2D eigenvalue weighted by Gasteiger charge is -2.19. The fourth-order valence-electron chi connectivity index (χ4n) is 2.26. The van der Waals surface area contributed by atoms with E-state index in [9.17, 15) is 14.4 Å². The Hall–Kier alpha value is -3.49. The molecule has 0 saturated carbocycles. The summed E-state index contributed by atoms with van der Waals surface area (Å²) in [5.74, 6) is -0.581. The Bertz CT molecular complexity index is 849. The summed E-state index contributed by atoms with van der Waals surface area (Å²) in [4.78, 5) is 43.4. The maximum Gasteiger partial charge on any atom is 0.407 e. The molecule has 9 nitrogen and oxygen atoms in total. The summed E-state index contributed by atoms with van der Waals surface area (Å²) in [5.41, 5.74) is 1.05. The quantitative estimate of drug-likeness (QED) is 0.656. The van der Waals surface area contributed by atoms with Crippen molar-refractivity contribution in [2.24, 2.45) is 0 Å². The van der Waals surface area contributed by atoms with Crippen LogP contribution in [0.3, 0.4) is 0 Å². The first-order valence-electron chi connectivity index (χ1n) is 9.13. The van der Waals surface area contributed by atoms with Crippen LogP contribution in [0.15, 0.2) is 42.9 Å². The van der Waals surface area contributed by atoms with Gasteiger partial charge in [-0.25, -0.2) is 9.78 Å². The highest BCUT2D eigenvalue weighted by molar-refractivity contribution is 5.92. The molecule has 0 radical (unpaired) electrons. The number of anilines is 1. The van der Waals surface area contributed by atoms with Crippen LogP contribution in [0, 0.1) is 0 Å². The first-order valence-corrected chi connectivity index (χ1v) is 9.13. The van der Waals surface area contributed by atoms with Gasteiger partial charge < -0.3 is 20.7 Å². The summed E-state index contributed by atoms with van der Waals surface area (Å²) in [7, 11) is 0. The summed E-state index contributed by atoms with van der Waals surface area (Å²) in [6.07, 6.45) is 3.87. The van der Waals surface area contributed by atoms with Crippen molar-refractivity contribution in [2.45, 2.75) is 39.3 Å². The van der Waals surface area contributed by atoms with E-state index >= 15 is 0 Å². The largest absolute Gasteiger partial charge is 0.444 e. The van der Waals surface area contributed by atoms with Crippen LogP contribution in [-0.2, 0) is 16.1 Å². The number of aromatic nitrogens is 2. The third kappa shape index (κ3) is 8.37. The molecule has 1 aromatic heterocycles. The summed E-state index contributed by atoms with van der Waals surface area (Å²) >= 11 is 0. The van der Waals surface area contributed by atoms with E-state index in [-0.39, 0.29) is 37.0 Å². The Morgan fingerprint density at radius 2 is 1.90 bits per heavy atom. The number of nitrogens with zero attached hydrogens (tertiary/aromatic N) is 2. The molecule has 0 saturated heterocycles. The molecule has 0 unspecified atom stereocenters. The van der Waals surface area contributed by atoms with Crippen molar-refractivity contribution in [1.82, 2.24) is 20.6 Å². The lowest BCUT2D eigenvalue weighted by Crippen LogP contribution is -2.34. The minimum atomic E-state index is -0.588. The van der Waals surface area contributed by atoms with E-state index in [4.69, 9.17) is 4.74 Å². The standard InChI is InChI=1S/C20H25N5O4/c1-20(2,3)29-19(28)23-8-7-17(26)25-15-6-4-5-14(11-15)12-24-18(27)16-13-21-9-10-22-16/h4-6,9-11,13H,7-8,12H2,1-3H3,(H,23,28)(H,24,27)(H,25,26). The normalized spacial score (nSPS) is 10.7. The molecule has 3 amide bonds. The van der Waals surface area contributed by atoms with Gasteiger partial charge in [-0.3, -0.25) is 14.6 Å². The molecule has 0 aliphatic carbocycles. The van der Waals surface area contributed by atoms with Crippen molar-refractivity contribution < 1.29 is 19.1 Å². The van der Waals surface area contributed by atoms with Gasteiger partial charge in [0.1, 0.15) is 11.3 Å². The SMILES string of the molecule is CC(C)(C)OC(=O)NCCC(=O)Nc1cccc(CNC(=O)c2cnccn2)c1. The highest BCUT2D eigenvalue weighted by Gasteiger charge is 2.16. The molecule has 0 atom stereocenters. The minimum Gasteiger partial charge on any atom is -0.444 e. The van der Waals surface area contributed by atoms with Crippen LogP contribution in [0.4, 0.5) is 10.5 Å². The zero-order valence-electron chi connectivity index (χ0n) is 16.7. The molecule has 1 heterocycles. The van der Waals surface area contributed by atoms with E-state index in [1.54, 1.807) is 39.0 Å². The molecule has 2 rings (SSSR count). The van der Waals surface area contributed by atoms with Crippen LogP contribution >= 0.6 is 0 Å². The van der Waals surface area contributed by atoms with Crippen molar-refractivity contribution in [3.05, 3.63) is 54.1 Å². The van der Waals surface area contributed by atoms with Crippen molar-refractivity contribution in [3.63, 3.8) is 0 Å². The van der Waals surface area contributed by atoms with Gasteiger partial charge >= 0.3 is 6.09 Å². The van der Waals surface area contributed by atoms with E-state index in [1.165, 1.54) is 18.6 Å². The maximum atomic E-state index is 12.1. The lowest BCUT2D eigenvalue weighted by molar-refractivity contribution is -0.116. The van der Waals surface area contributed by atoms with Gasteiger partial charge in [0.2, 0.25) is 5.91 Å². The number of ether oxygens (including phenoxy) is 1. The molecule has 0 aliphatic rings. The first kappa shape index (κ1) is 21.8. The van der Waals surface area contributed by atoms with Crippen LogP contribution in [0.1, 0.15) is 43.2 Å². The Balaban J connectivity index is 1.78. The fourth-order valence-corrected chi connectivity index (χ4v) is 2.26.